The number of benzene rings is 5. The number of para-hydroxylation sites is 4. The van der Waals surface area contributed by atoms with Crippen LogP contribution in [0.25, 0.3) is 60.6 Å². The number of nitriles is 1. The second-order valence-corrected chi connectivity index (χ2v) is 13.3. The van der Waals surface area contributed by atoms with Gasteiger partial charge in [-0.15, -0.1) is 0 Å². The van der Waals surface area contributed by atoms with E-state index < -0.39 is 0 Å². The summed E-state index contributed by atoms with van der Waals surface area (Å²) in [4.78, 5) is 2.46. The fourth-order valence-electron chi connectivity index (χ4n) is 8.63. The minimum Gasteiger partial charge on any atom is -0.453 e. The summed E-state index contributed by atoms with van der Waals surface area (Å²) in [6.45, 7) is 2.33. The van der Waals surface area contributed by atoms with Crippen LogP contribution < -0.4 is 4.90 Å². The van der Waals surface area contributed by atoms with Crippen molar-refractivity contribution in [3.8, 4) is 22.9 Å². The third-order valence-electron chi connectivity index (χ3n) is 10.8. The van der Waals surface area contributed by atoms with Gasteiger partial charge in [0.2, 0.25) is 0 Å². The Balaban J connectivity index is 1.27. The Morgan fingerprint density at radius 1 is 0.771 bits per heavy atom. The number of allylic oxidation sites excluding steroid dienone is 5. The van der Waals surface area contributed by atoms with Crippen molar-refractivity contribution in [2.45, 2.75) is 25.8 Å². The molecule has 48 heavy (non-hydrogen) atoms. The Hall–Kier alpha value is -6.05. The third kappa shape index (κ3) is 3.53. The van der Waals surface area contributed by atoms with E-state index in [4.69, 9.17) is 4.42 Å². The summed E-state index contributed by atoms with van der Waals surface area (Å²) in [6.07, 6.45) is 15.5. The molecule has 0 saturated carbocycles. The van der Waals surface area contributed by atoms with E-state index in [1.54, 1.807) is 0 Å². The first-order chi connectivity index (χ1) is 23.7. The molecule has 0 bridgehead atoms. The average molecular weight is 618 g/mol. The topological polar surface area (TPSA) is 45.1 Å². The molecule has 2 atom stereocenters. The van der Waals surface area contributed by atoms with Gasteiger partial charge >= 0.3 is 0 Å². The van der Waals surface area contributed by atoms with Crippen molar-refractivity contribution in [2.75, 3.05) is 4.90 Å². The number of anilines is 1. The molecule has 7 aromatic rings. The smallest absolute Gasteiger partial charge is 0.160 e. The zero-order chi connectivity index (χ0) is 32.0. The monoisotopic (exact) mass is 617 g/mol. The van der Waals surface area contributed by atoms with Gasteiger partial charge in [0.25, 0.3) is 0 Å². The number of fused-ring (bicyclic) bond motifs is 9. The molecule has 0 spiro atoms. The van der Waals surface area contributed by atoms with Crippen molar-refractivity contribution in [3.63, 3.8) is 0 Å². The van der Waals surface area contributed by atoms with Crippen molar-refractivity contribution in [1.82, 2.24) is 4.57 Å². The summed E-state index contributed by atoms with van der Waals surface area (Å²) in [5.41, 5.74) is 11.1. The van der Waals surface area contributed by atoms with Crippen LogP contribution in [0.2, 0.25) is 0 Å². The van der Waals surface area contributed by atoms with Crippen molar-refractivity contribution < 1.29 is 4.42 Å². The zero-order valence-corrected chi connectivity index (χ0v) is 26.5. The normalized spacial score (nSPS) is 19.9. The molecule has 2 unspecified atom stereocenters. The average Bonchev–Trinajstić information content (AvgIpc) is 3.77. The van der Waals surface area contributed by atoms with Gasteiger partial charge in [-0.2, -0.15) is 5.26 Å². The largest absolute Gasteiger partial charge is 0.453 e. The summed E-state index contributed by atoms with van der Waals surface area (Å²) in [6, 6.07) is 38.7. The van der Waals surface area contributed by atoms with Gasteiger partial charge in [-0.05, 0) is 55.7 Å². The molecule has 0 N–H and O–H groups in total. The lowest BCUT2D eigenvalue weighted by Gasteiger charge is -2.37. The lowest BCUT2D eigenvalue weighted by atomic mass is 9.74. The number of nitrogens with zero attached hydrogens (tertiary/aromatic N) is 3. The maximum absolute atomic E-state index is 10.6. The molecule has 4 heteroatoms. The predicted molar refractivity (Wildman–Crippen MR) is 196 cm³/mol. The van der Waals surface area contributed by atoms with Crippen molar-refractivity contribution in [2.24, 2.45) is 5.41 Å². The van der Waals surface area contributed by atoms with Gasteiger partial charge in [0.1, 0.15) is 11.7 Å². The molecule has 10 rings (SSSR count). The van der Waals surface area contributed by atoms with Crippen LogP contribution in [0.15, 0.2) is 155 Å². The third-order valence-corrected chi connectivity index (χ3v) is 10.8. The number of hydrogen-bond acceptors (Lipinski definition) is 3. The molecule has 3 aliphatic rings. The van der Waals surface area contributed by atoms with Gasteiger partial charge in [-0.1, -0.05) is 109 Å². The summed E-state index contributed by atoms with van der Waals surface area (Å²) >= 11 is 0. The molecule has 4 nitrogen and oxygen atoms in total. The highest BCUT2D eigenvalue weighted by Crippen LogP contribution is 2.55. The summed E-state index contributed by atoms with van der Waals surface area (Å²) in [5.74, 6) is 0. The lowest BCUT2D eigenvalue weighted by Crippen LogP contribution is -2.39. The Labute approximate surface area is 278 Å². The minimum atomic E-state index is -0.178. The SMILES string of the molecule is CC12C=CC=CC1N(c1c(C#N)cccc1-c1cccc3c1oc1c3ccc3c4ccccc4n(-c4ccccc4)c31)C1=C2C=CCC1. The van der Waals surface area contributed by atoms with Crippen LogP contribution in [0.3, 0.4) is 0 Å². The van der Waals surface area contributed by atoms with E-state index in [1.807, 2.05) is 12.1 Å². The fourth-order valence-corrected chi connectivity index (χ4v) is 8.63. The summed E-state index contributed by atoms with van der Waals surface area (Å²) in [7, 11) is 0. The minimum absolute atomic E-state index is 0.0691. The first-order valence-corrected chi connectivity index (χ1v) is 16.7. The molecule has 2 aliphatic carbocycles. The van der Waals surface area contributed by atoms with Gasteiger partial charge < -0.3 is 13.9 Å². The second-order valence-electron chi connectivity index (χ2n) is 13.3. The van der Waals surface area contributed by atoms with Crippen LogP contribution in [0.1, 0.15) is 25.3 Å². The molecule has 0 saturated heterocycles. The molecule has 1 aliphatic heterocycles. The molecule has 5 aromatic carbocycles. The number of hydrogen-bond donors (Lipinski definition) is 0. The van der Waals surface area contributed by atoms with E-state index in [0.29, 0.717) is 5.56 Å². The number of rotatable bonds is 3. The first kappa shape index (κ1) is 27.1. The quantitative estimate of drug-likeness (QED) is 0.198. The van der Waals surface area contributed by atoms with Gasteiger partial charge in [0, 0.05) is 49.5 Å². The van der Waals surface area contributed by atoms with Gasteiger partial charge in [-0.3, -0.25) is 0 Å². The molecular formula is C44H31N3O. The predicted octanol–water partition coefficient (Wildman–Crippen LogP) is 11.1. The van der Waals surface area contributed by atoms with Gasteiger partial charge in [0.05, 0.1) is 28.3 Å². The Morgan fingerprint density at radius 2 is 1.54 bits per heavy atom. The fraction of sp³-hybridized carbons (Fsp3) is 0.114. The van der Waals surface area contributed by atoms with E-state index in [0.717, 1.165) is 73.7 Å². The maximum Gasteiger partial charge on any atom is 0.160 e. The first-order valence-electron chi connectivity index (χ1n) is 16.7. The molecule has 228 valence electrons. The van der Waals surface area contributed by atoms with E-state index in [9.17, 15) is 5.26 Å². The van der Waals surface area contributed by atoms with E-state index >= 15 is 0 Å². The highest BCUT2D eigenvalue weighted by atomic mass is 16.3. The van der Waals surface area contributed by atoms with E-state index in [-0.39, 0.29) is 11.5 Å². The molecule has 0 amide bonds. The number of furan rings is 1. The standard InChI is InChI=1S/C44H31N3O/c1-44-26-10-9-23-39(44)47(38-22-8-6-20-36(38)44)40-28(27-45)13-11-17-31(40)33-18-12-19-34-35-25-24-32-30-16-5-7-21-37(30)46(29-14-3-2-4-15-29)41(32)43(35)48-42(33)34/h2-7,9-21,23-26,39H,8,22H2,1H3. The highest BCUT2D eigenvalue weighted by Gasteiger charge is 2.48. The van der Waals surface area contributed by atoms with Crippen LogP contribution in [-0.2, 0) is 0 Å². The molecular weight excluding hydrogens is 587 g/mol. The van der Waals surface area contributed by atoms with Crippen molar-refractivity contribution >= 4 is 49.4 Å². The summed E-state index contributed by atoms with van der Waals surface area (Å²) < 4.78 is 9.43. The van der Waals surface area contributed by atoms with Gasteiger partial charge in [-0.25, -0.2) is 0 Å². The van der Waals surface area contributed by atoms with Crippen LogP contribution in [0.4, 0.5) is 5.69 Å². The van der Waals surface area contributed by atoms with Crippen LogP contribution in [0, 0.1) is 16.7 Å². The summed E-state index contributed by atoms with van der Waals surface area (Å²) in [5, 5.41) is 15.1. The van der Waals surface area contributed by atoms with Crippen LogP contribution >= 0.6 is 0 Å². The van der Waals surface area contributed by atoms with Gasteiger partial charge in [0.15, 0.2) is 5.58 Å². The zero-order valence-electron chi connectivity index (χ0n) is 26.5. The lowest BCUT2D eigenvalue weighted by molar-refractivity contribution is 0.484. The molecule has 3 heterocycles. The molecule has 0 radical (unpaired) electrons. The second kappa shape index (κ2) is 9.97. The highest BCUT2D eigenvalue weighted by molar-refractivity contribution is 6.22. The Bertz CT molecular complexity index is 2660. The van der Waals surface area contributed by atoms with E-state index in [1.165, 1.54) is 16.7 Å². The molecule has 0 fully saturated rings. The Kier molecular flexibility index (Phi) is 5.63. The van der Waals surface area contributed by atoms with Crippen LogP contribution in [-0.4, -0.2) is 10.6 Å². The van der Waals surface area contributed by atoms with Crippen molar-refractivity contribution in [3.05, 3.63) is 156 Å². The van der Waals surface area contributed by atoms with Crippen LogP contribution in [0.5, 0.6) is 0 Å². The van der Waals surface area contributed by atoms with Crippen molar-refractivity contribution in [1.29, 1.82) is 5.26 Å². The Morgan fingerprint density at radius 3 is 2.44 bits per heavy atom. The number of aromatic nitrogens is 1. The maximum atomic E-state index is 10.6. The van der Waals surface area contributed by atoms with E-state index in [2.05, 4.69) is 150 Å². The molecule has 2 aromatic heterocycles.